The van der Waals surface area contributed by atoms with Crippen LogP contribution in [0, 0.1) is 5.92 Å². The molecular weight excluding hydrogens is 383 g/mol. The molecular formula is C20H20F3N5O. The maximum atomic E-state index is 12.7. The Morgan fingerprint density at radius 1 is 1.10 bits per heavy atom. The Labute approximate surface area is 165 Å². The second-order valence-corrected chi connectivity index (χ2v) is 7.00. The van der Waals surface area contributed by atoms with Crippen molar-refractivity contribution in [3.63, 3.8) is 0 Å². The predicted molar refractivity (Wildman–Crippen MR) is 102 cm³/mol. The number of hydrogen-bond acceptors (Lipinski definition) is 5. The van der Waals surface area contributed by atoms with Crippen molar-refractivity contribution in [3.8, 4) is 11.4 Å². The van der Waals surface area contributed by atoms with Crippen LogP contribution in [0.4, 0.5) is 24.5 Å². The topological polar surface area (TPSA) is 64.9 Å². The third-order valence-corrected chi connectivity index (χ3v) is 4.79. The van der Waals surface area contributed by atoms with Gasteiger partial charge in [0.1, 0.15) is 0 Å². The van der Waals surface area contributed by atoms with E-state index in [4.69, 9.17) is 4.74 Å². The zero-order valence-electron chi connectivity index (χ0n) is 15.6. The number of alkyl halides is 3. The summed E-state index contributed by atoms with van der Waals surface area (Å²) in [5.74, 6) is 0.822. The van der Waals surface area contributed by atoms with Gasteiger partial charge in [-0.15, -0.1) is 10.2 Å². The fourth-order valence-electron chi connectivity index (χ4n) is 3.30. The van der Waals surface area contributed by atoms with Crippen molar-refractivity contribution in [1.29, 1.82) is 0 Å². The van der Waals surface area contributed by atoms with Gasteiger partial charge in [-0.3, -0.25) is 0 Å². The molecule has 1 aromatic heterocycles. The minimum Gasteiger partial charge on any atom is -0.381 e. The van der Waals surface area contributed by atoms with E-state index in [1.807, 2.05) is 24.3 Å². The number of para-hydroxylation sites is 1. The van der Waals surface area contributed by atoms with E-state index in [1.165, 1.54) is 12.1 Å². The van der Waals surface area contributed by atoms with E-state index in [0.29, 0.717) is 36.3 Å². The summed E-state index contributed by atoms with van der Waals surface area (Å²) in [6, 6.07) is 12.2. The number of ether oxygens (including phenoxy) is 1. The van der Waals surface area contributed by atoms with E-state index >= 15 is 0 Å². The van der Waals surface area contributed by atoms with Crippen LogP contribution in [0.2, 0.25) is 0 Å². The number of nitrogens with one attached hydrogen (secondary N) is 1. The number of halogens is 3. The molecule has 1 aliphatic rings. The molecule has 0 saturated carbocycles. The average Bonchev–Trinajstić information content (AvgIpc) is 3.17. The van der Waals surface area contributed by atoms with E-state index in [9.17, 15) is 13.2 Å². The predicted octanol–water partition coefficient (Wildman–Crippen LogP) is 4.53. The number of rotatable bonds is 5. The maximum absolute atomic E-state index is 12.7. The highest BCUT2D eigenvalue weighted by atomic mass is 19.4. The zero-order valence-corrected chi connectivity index (χ0v) is 15.6. The normalized spacial score (nSPS) is 17.3. The first-order valence-electron chi connectivity index (χ1n) is 9.38. The fourth-order valence-corrected chi connectivity index (χ4v) is 3.30. The first kappa shape index (κ1) is 19.4. The smallest absolute Gasteiger partial charge is 0.381 e. The molecule has 0 aliphatic carbocycles. The SMILES string of the molecule is FC(F)(F)c1ccc(Nc2ccccc2-c2nnn(CC3CCCOC3)n2)cc1. The van der Waals surface area contributed by atoms with Gasteiger partial charge in [-0.2, -0.15) is 18.0 Å². The first-order chi connectivity index (χ1) is 14.0. The lowest BCUT2D eigenvalue weighted by molar-refractivity contribution is -0.137. The molecule has 0 amide bonds. The maximum Gasteiger partial charge on any atom is 0.416 e. The highest BCUT2D eigenvalue weighted by Gasteiger charge is 2.30. The highest BCUT2D eigenvalue weighted by Crippen LogP contribution is 2.32. The van der Waals surface area contributed by atoms with Gasteiger partial charge in [-0.1, -0.05) is 12.1 Å². The molecule has 1 fully saturated rings. The largest absolute Gasteiger partial charge is 0.416 e. The third kappa shape index (κ3) is 4.73. The summed E-state index contributed by atoms with van der Waals surface area (Å²) in [6.45, 7) is 2.14. The van der Waals surface area contributed by atoms with Crippen molar-refractivity contribution in [2.45, 2.75) is 25.6 Å². The molecule has 29 heavy (non-hydrogen) atoms. The van der Waals surface area contributed by atoms with Crippen LogP contribution in [-0.4, -0.2) is 33.4 Å². The van der Waals surface area contributed by atoms with Crippen LogP contribution < -0.4 is 5.32 Å². The number of aromatic nitrogens is 4. The van der Waals surface area contributed by atoms with Crippen molar-refractivity contribution in [2.24, 2.45) is 5.92 Å². The van der Waals surface area contributed by atoms with Crippen molar-refractivity contribution in [2.75, 3.05) is 18.5 Å². The minimum absolute atomic E-state index is 0.367. The van der Waals surface area contributed by atoms with Crippen molar-refractivity contribution < 1.29 is 17.9 Å². The molecule has 3 aromatic rings. The van der Waals surface area contributed by atoms with Gasteiger partial charge in [0, 0.05) is 29.5 Å². The van der Waals surface area contributed by atoms with E-state index in [1.54, 1.807) is 4.80 Å². The molecule has 1 N–H and O–H groups in total. The molecule has 1 aliphatic heterocycles. The molecule has 0 radical (unpaired) electrons. The van der Waals surface area contributed by atoms with Gasteiger partial charge in [-0.05, 0) is 54.5 Å². The molecule has 6 nitrogen and oxygen atoms in total. The van der Waals surface area contributed by atoms with Gasteiger partial charge >= 0.3 is 6.18 Å². The molecule has 0 bridgehead atoms. The van der Waals surface area contributed by atoms with Gasteiger partial charge in [-0.25, -0.2) is 0 Å². The summed E-state index contributed by atoms with van der Waals surface area (Å²) in [7, 11) is 0. The molecule has 9 heteroatoms. The molecule has 4 rings (SSSR count). The van der Waals surface area contributed by atoms with Gasteiger partial charge in [0.2, 0.25) is 5.82 Å². The van der Waals surface area contributed by atoms with Crippen molar-refractivity contribution >= 4 is 11.4 Å². The summed E-state index contributed by atoms with van der Waals surface area (Å²) in [4.78, 5) is 1.57. The zero-order chi connectivity index (χ0) is 20.3. The number of nitrogens with zero attached hydrogens (tertiary/aromatic N) is 4. The lowest BCUT2D eigenvalue weighted by Crippen LogP contribution is -2.23. The van der Waals surface area contributed by atoms with Gasteiger partial charge in [0.05, 0.1) is 18.7 Å². The summed E-state index contributed by atoms with van der Waals surface area (Å²) >= 11 is 0. The monoisotopic (exact) mass is 403 g/mol. The van der Waals surface area contributed by atoms with Crippen LogP contribution in [0.3, 0.4) is 0 Å². The Bertz CT molecular complexity index is 949. The Morgan fingerprint density at radius 3 is 2.62 bits per heavy atom. The summed E-state index contributed by atoms with van der Waals surface area (Å²) < 4.78 is 43.7. The van der Waals surface area contributed by atoms with Crippen molar-refractivity contribution in [3.05, 3.63) is 54.1 Å². The van der Waals surface area contributed by atoms with E-state index in [0.717, 1.165) is 37.1 Å². The van der Waals surface area contributed by atoms with Crippen LogP contribution in [0.25, 0.3) is 11.4 Å². The molecule has 0 spiro atoms. The van der Waals surface area contributed by atoms with Crippen molar-refractivity contribution in [1.82, 2.24) is 20.2 Å². The minimum atomic E-state index is -4.36. The second-order valence-electron chi connectivity index (χ2n) is 7.00. The Balaban J connectivity index is 1.51. The standard InChI is InChI=1S/C20H20F3N5O/c21-20(22,23)15-7-9-16(10-8-15)24-18-6-2-1-5-17(18)19-25-27-28(26-19)12-14-4-3-11-29-13-14/h1-2,5-10,14,24H,3-4,11-13H2. The van der Waals surface area contributed by atoms with Crippen LogP contribution >= 0.6 is 0 Å². The second kappa shape index (κ2) is 8.20. The Morgan fingerprint density at radius 2 is 1.90 bits per heavy atom. The summed E-state index contributed by atoms with van der Waals surface area (Å²) in [5.41, 5.74) is 1.26. The van der Waals surface area contributed by atoms with Gasteiger partial charge in [0.15, 0.2) is 0 Å². The number of benzene rings is 2. The van der Waals surface area contributed by atoms with E-state index in [2.05, 4.69) is 20.7 Å². The lowest BCUT2D eigenvalue weighted by atomic mass is 10.0. The fraction of sp³-hybridized carbons (Fsp3) is 0.350. The Kier molecular flexibility index (Phi) is 5.48. The third-order valence-electron chi connectivity index (χ3n) is 4.79. The Hall–Kier alpha value is -2.94. The number of anilines is 2. The van der Waals surface area contributed by atoms with Gasteiger partial charge in [0.25, 0.3) is 0 Å². The number of hydrogen-bond donors (Lipinski definition) is 1. The van der Waals surface area contributed by atoms with Crippen LogP contribution in [0.5, 0.6) is 0 Å². The van der Waals surface area contributed by atoms with Crippen LogP contribution in [0.1, 0.15) is 18.4 Å². The molecule has 2 heterocycles. The van der Waals surface area contributed by atoms with Crippen LogP contribution in [0.15, 0.2) is 48.5 Å². The summed E-state index contributed by atoms with van der Waals surface area (Å²) in [6.07, 6.45) is -2.25. The highest BCUT2D eigenvalue weighted by molar-refractivity contribution is 5.77. The van der Waals surface area contributed by atoms with Gasteiger partial charge < -0.3 is 10.1 Å². The molecule has 1 saturated heterocycles. The summed E-state index contributed by atoms with van der Waals surface area (Å²) in [5, 5.41) is 15.9. The molecule has 1 atom stereocenters. The van der Waals surface area contributed by atoms with E-state index in [-0.39, 0.29) is 0 Å². The quantitative estimate of drug-likeness (QED) is 0.678. The van der Waals surface area contributed by atoms with Crippen LogP contribution in [-0.2, 0) is 17.5 Å². The number of tetrazole rings is 1. The molecule has 152 valence electrons. The lowest BCUT2D eigenvalue weighted by Gasteiger charge is -2.20. The molecule has 1 unspecified atom stereocenters. The van der Waals surface area contributed by atoms with E-state index < -0.39 is 11.7 Å². The first-order valence-corrected chi connectivity index (χ1v) is 9.38. The molecule has 2 aromatic carbocycles. The average molecular weight is 403 g/mol.